The van der Waals surface area contributed by atoms with Gasteiger partial charge in [-0.1, -0.05) is 68.0 Å². The fourth-order valence-electron chi connectivity index (χ4n) is 2.57. The molecule has 2 heteroatoms. The van der Waals surface area contributed by atoms with E-state index in [9.17, 15) is 4.21 Å². The molecular weight excluding hydrogens is 300 g/mol. The van der Waals surface area contributed by atoms with Crippen LogP contribution in [0.3, 0.4) is 0 Å². The van der Waals surface area contributed by atoms with E-state index >= 15 is 0 Å². The highest BCUT2D eigenvalue weighted by atomic mass is 32.2. The van der Waals surface area contributed by atoms with E-state index < -0.39 is 10.8 Å². The van der Waals surface area contributed by atoms with Crippen molar-refractivity contribution in [1.29, 1.82) is 0 Å². The van der Waals surface area contributed by atoms with Crippen LogP contribution in [0.25, 0.3) is 5.57 Å². The van der Waals surface area contributed by atoms with Crippen molar-refractivity contribution in [2.24, 2.45) is 0 Å². The van der Waals surface area contributed by atoms with Crippen LogP contribution >= 0.6 is 0 Å². The van der Waals surface area contributed by atoms with Crippen molar-refractivity contribution in [2.45, 2.75) is 37.5 Å². The Kier molecular flexibility index (Phi) is 7.02. The molecule has 2 aromatic rings. The van der Waals surface area contributed by atoms with E-state index in [1.54, 1.807) is 0 Å². The van der Waals surface area contributed by atoms with Crippen LogP contribution in [0.2, 0.25) is 0 Å². The smallest absolute Gasteiger partial charge is 0.0814 e. The number of hydrogen-bond donors (Lipinski definition) is 0. The van der Waals surface area contributed by atoms with Gasteiger partial charge in [-0.2, -0.15) is 0 Å². The van der Waals surface area contributed by atoms with Crippen molar-refractivity contribution < 1.29 is 4.21 Å². The Morgan fingerprint density at radius 1 is 1.04 bits per heavy atom. The summed E-state index contributed by atoms with van der Waals surface area (Å²) >= 11 is 0. The van der Waals surface area contributed by atoms with Crippen molar-refractivity contribution >= 4 is 16.4 Å². The normalized spacial score (nSPS) is 13.3. The lowest BCUT2D eigenvalue weighted by Gasteiger charge is -2.15. The molecule has 0 fully saturated rings. The van der Waals surface area contributed by atoms with E-state index in [2.05, 4.69) is 25.6 Å². The van der Waals surface area contributed by atoms with Crippen molar-refractivity contribution in [3.05, 3.63) is 83.8 Å². The predicted octanol–water partition coefficient (Wildman–Crippen LogP) is 5.97. The summed E-state index contributed by atoms with van der Waals surface area (Å²) in [5.41, 5.74) is 2.37. The van der Waals surface area contributed by atoms with Crippen LogP contribution in [0, 0.1) is 0 Å². The second-order valence-electron chi connectivity index (χ2n) is 5.45. The molecule has 2 aromatic carbocycles. The van der Waals surface area contributed by atoms with Gasteiger partial charge in [-0.05, 0) is 42.5 Å². The molecule has 0 spiro atoms. The maximum Gasteiger partial charge on any atom is 0.0814 e. The maximum atomic E-state index is 13.1. The Bertz CT molecular complexity index is 672. The van der Waals surface area contributed by atoms with Gasteiger partial charge in [0.05, 0.1) is 10.8 Å². The summed E-state index contributed by atoms with van der Waals surface area (Å²) in [4.78, 5) is 1.83. The minimum atomic E-state index is -1.15. The Balaban J connectivity index is 2.52. The SMILES string of the molecule is C=CC/C(=C(/CCCC)c1ccccc1)S(=O)c1ccccc1. The van der Waals surface area contributed by atoms with E-state index in [1.807, 2.05) is 54.6 Å². The lowest BCUT2D eigenvalue weighted by atomic mass is 9.99. The zero-order valence-corrected chi connectivity index (χ0v) is 14.5. The van der Waals surface area contributed by atoms with Crippen LogP contribution in [0.15, 0.2) is 83.1 Å². The standard InChI is InChI=1S/C21H24OS/c1-3-5-17-20(18-13-8-6-9-14-18)21(12-4-2)23(22)19-15-10-7-11-16-19/h4,6-11,13-16H,2-3,5,12,17H2,1H3/b21-20+. The summed E-state index contributed by atoms with van der Waals surface area (Å²) in [6, 6.07) is 20.0. The van der Waals surface area contributed by atoms with Crippen molar-refractivity contribution in [3.63, 3.8) is 0 Å². The minimum Gasteiger partial charge on any atom is -0.249 e. The van der Waals surface area contributed by atoms with Gasteiger partial charge in [-0.3, -0.25) is 0 Å². The monoisotopic (exact) mass is 324 g/mol. The minimum absolute atomic E-state index is 0.648. The predicted molar refractivity (Wildman–Crippen MR) is 101 cm³/mol. The van der Waals surface area contributed by atoms with Crippen LogP contribution in [0.4, 0.5) is 0 Å². The van der Waals surface area contributed by atoms with Gasteiger partial charge in [0.25, 0.3) is 0 Å². The first-order valence-corrected chi connectivity index (χ1v) is 9.28. The van der Waals surface area contributed by atoms with Gasteiger partial charge in [0, 0.05) is 9.80 Å². The molecule has 2 rings (SSSR count). The molecule has 1 nitrogen and oxygen atoms in total. The Hall–Kier alpha value is -1.93. The van der Waals surface area contributed by atoms with Crippen molar-refractivity contribution in [3.8, 4) is 0 Å². The third-order valence-corrected chi connectivity index (χ3v) is 5.31. The zero-order valence-electron chi connectivity index (χ0n) is 13.7. The molecule has 1 atom stereocenters. The average Bonchev–Trinajstić information content (AvgIpc) is 2.62. The third-order valence-electron chi connectivity index (χ3n) is 3.75. The van der Waals surface area contributed by atoms with Crippen molar-refractivity contribution in [2.75, 3.05) is 0 Å². The number of unbranched alkanes of at least 4 members (excludes halogenated alkanes) is 1. The van der Waals surface area contributed by atoms with Crippen LogP contribution in [0.1, 0.15) is 38.2 Å². The molecule has 0 saturated carbocycles. The molecule has 0 heterocycles. The molecule has 0 aliphatic rings. The summed E-state index contributed by atoms with van der Waals surface area (Å²) in [5.74, 6) is 0. The quantitative estimate of drug-likeness (QED) is 0.547. The zero-order chi connectivity index (χ0) is 16.5. The largest absolute Gasteiger partial charge is 0.249 e. The number of rotatable bonds is 8. The van der Waals surface area contributed by atoms with E-state index in [0.717, 1.165) is 29.1 Å². The Labute approximate surface area is 142 Å². The molecule has 0 bridgehead atoms. The molecule has 0 aliphatic heterocycles. The van der Waals surface area contributed by atoms with Gasteiger partial charge >= 0.3 is 0 Å². The average molecular weight is 324 g/mol. The molecular formula is C21H24OS. The highest BCUT2D eigenvalue weighted by Crippen LogP contribution is 2.31. The first kappa shape index (κ1) is 17.4. The summed E-state index contributed by atoms with van der Waals surface area (Å²) in [6.45, 7) is 6.05. The second kappa shape index (κ2) is 9.26. The van der Waals surface area contributed by atoms with Crippen LogP contribution in [-0.4, -0.2) is 4.21 Å². The van der Waals surface area contributed by atoms with E-state index in [4.69, 9.17) is 0 Å². The topological polar surface area (TPSA) is 17.1 Å². The number of benzene rings is 2. The highest BCUT2D eigenvalue weighted by Gasteiger charge is 2.16. The summed E-state index contributed by atoms with van der Waals surface area (Å²) in [5, 5.41) is 0. The molecule has 0 aromatic heterocycles. The molecule has 1 unspecified atom stereocenters. The number of allylic oxidation sites excluding steroid dienone is 3. The lowest BCUT2D eigenvalue weighted by molar-refractivity contribution is 0.686. The van der Waals surface area contributed by atoms with Crippen molar-refractivity contribution in [1.82, 2.24) is 0 Å². The molecule has 0 saturated heterocycles. The third kappa shape index (κ3) is 4.77. The van der Waals surface area contributed by atoms with Crippen LogP contribution < -0.4 is 0 Å². The lowest BCUT2D eigenvalue weighted by Crippen LogP contribution is -2.01. The molecule has 120 valence electrons. The van der Waals surface area contributed by atoms with Gasteiger partial charge in [-0.15, -0.1) is 6.58 Å². The molecule has 0 amide bonds. The molecule has 0 radical (unpaired) electrons. The van der Waals surface area contributed by atoms with Gasteiger partial charge in [0.15, 0.2) is 0 Å². The van der Waals surface area contributed by atoms with Crippen LogP contribution in [-0.2, 0) is 10.8 Å². The molecule has 0 N–H and O–H groups in total. The van der Waals surface area contributed by atoms with E-state index in [-0.39, 0.29) is 0 Å². The summed E-state index contributed by atoms with van der Waals surface area (Å²) < 4.78 is 13.1. The second-order valence-corrected chi connectivity index (χ2v) is 6.95. The molecule has 23 heavy (non-hydrogen) atoms. The number of hydrogen-bond acceptors (Lipinski definition) is 1. The van der Waals surface area contributed by atoms with Gasteiger partial charge in [-0.25, -0.2) is 4.21 Å². The first-order valence-electron chi connectivity index (χ1n) is 8.13. The van der Waals surface area contributed by atoms with Gasteiger partial charge < -0.3 is 0 Å². The van der Waals surface area contributed by atoms with E-state index in [1.165, 1.54) is 11.1 Å². The summed E-state index contributed by atoms with van der Waals surface area (Å²) in [7, 11) is -1.15. The fraction of sp³-hybridized carbons (Fsp3) is 0.238. The van der Waals surface area contributed by atoms with E-state index in [0.29, 0.717) is 6.42 Å². The highest BCUT2D eigenvalue weighted by molar-refractivity contribution is 7.89. The first-order chi connectivity index (χ1) is 11.3. The maximum absolute atomic E-state index is 13.1. The van der Waals surface area contributed by atoms with Gasteiger partial charge in [0.1, 0.15) is 0 Å². The molecule has 0 aliphatic carbocycles. The Morgan fingerprint density at radius 3 is 2.22 bits per heavy atom. The van der Waals surface area contributed by atoms with Gasteiger partial charge in [0.2, 0.25) is 0 Å². The fourth-order valence-corrected chi connectivity index (χ4v) is 3.97. The summed E-state index contributed by atoms with van der Waals surface area (Å²) in [6.07, 6.45) is 5.66. The van der Waals surface area contributed by atoms with Crippen LogP contribution in [0.5, 0.6) is 0 Å². The Morgan fingerprint density at radius 2 is 1.65 bits per heavy atom.